The van der Waals surface area contributed by atoms with Crippen LogP contribution in [0.3, 0.4) is 0 Å². The summed E-state index contributed by atoms with van der Waals surface area (Å²) in [6, 6.07) is 2.05. The Morgan fingerprint density at radius 3 is 2.87 bits per heavy atom. The lowest BCUT2D eigenvalue weighted by molar-refractivity contribution is -0.150. The molecule has 2 aliphatic heterocycles. The fraction of sp³-hybridized carbons (Fsp3) is 0.750. The molecule has 3 rings (SSSR count). The molecule has 1 unspecified atom stereocenters. The van der Waals surface area contributed by atoms with Gasteiger partial charge in [0.1, 0.15) is 6.10 Å². The van der Waals surface area contributed by atoms with Crippen LogP contribution in [-0.2, 0) is 20.8 Å². The van der Waals surface area contributed by atoms with E-state index in [1.165, 1.54) is 0 Å². The van der Waals surface area contributed by atoms with Gasteiger partial charge in [0.2, 0.25) is 0 Å². The van der Waals surface area contributed by atoms with E-state index in [4.69, 9.17) is 15.2 Å². The van der Waals surface area contributed by atoms with Crippen molar-refractivity contribution in [3.8, 4) is 0 Å². The molecule has 0 bridgehead atoms. The predicted octanol–water partition coefficient (Wildman–Crippen LogP) is 0.234. The molecule has 0 saturated carbocycles. The molecule has 0 spiro atoms. The van der Waals surface area contributed by atoms with Crippen LogP contribution >= 0.6 is 0 Å². The lowest BCUT2D eigenvalue weighted by atomic mass is 10.1. The normalized spacial score (nSPS) is 28.3. The first kappa shape index (κ1) is 16.4. The van der Waals surface area contributed by atoms with Crippen molar-refractivity contribution in [1.82, 2.24) is 14.7 Å². The number of aryl methyl sites for hydroxylation is 2. The zero-order valence-electron chi connectivity index (χ0n) is 13.9. The van der Waals surface area contributed by atoms with Gasteiger partial charge in [-0.05, 0) is 32.8 Å². The molecule has 0 aliphatic carbocycles. The van der Waals surface area contributed by atoms with Gasteiger partial charge in [-0.1, -0.05) is 0 Å². The minimum atomic E-state index is -0.337. The number of ether oxygens (including phenoxy) is 2. The maximum Gasteiger partial charge on any atom is 0.251 e. The van der Waals surface area contributed by atoms with Gasteiger partial charge in [-0.3, -0.25) is 9.48 Å². The summed E-state index contributed by atoms with van der Waals surface area (Å²) in [4.78, 5) is 14.5. The first-order valence-corrected chi connectivity index (χ1v) is 8.33. The van der Waals surface area contributed by atoms with Crippen molar-refractivity contribution >= 4 is 5.91 Å². The molecule has 2 N–H and O–H groups in total. The molecule has 7 heteroatoms. The number of nitrogens with zero attached hydrogens (tertiary/aromatic N) is 3. The molecule has 0 aromatic carbocycles. The van der Waals surface area contributed by atoms with Crippen LogP contribution in [0.2, 0.25) is 0 Å². The average molecular weight is 322 g/mol. The largest absolute Gasteiger partial charge is 0.373 e. The first-order chi connectivity index (χ1) is 11.1. The Morgan fingerprint density at radius 1 is 1.39 bits per heavy atom. The number of hydrogen-bond donors (Lipinski definition) is 1. The highest BCUT2D eigenvalue weighted by Crippen LogP contribution is 2.22. The molecule has 2 saturated heterocycles. The van der Waals surface area contributed by atoms with Gasteiger partial charge in [-0.25, -0.2) is 0 Å². The number of carbonyl (C=O) groups excluding carboxylic acids is 1. The third kappa shape index (κ3) is 3.73. The van der Waals surface area contributed by atoms with E-state index in [1.54, 1.807) is 0 Å². The van der Waals surface area contributed by atoms with Crippen molar-refractivity contribution in [3.05, 3.63) is 17.5 Å². The summed E-state index contributed by atoms with van der Waals surface area (Å²) in [5, 5.41) is 4.47. The summed E-state index contributed by atoms with van der Waals surface area (Å²) in [6.45, 7) is 6.93. The smallest absolute Gasteiger partial charge is 0.251 e. The molecular weight excluding hydrogens is 296 g/mol. The van der Waals surface area contributed by atoms with Gasteiger partial charge >= 0.3 is 0 Å². The fourth-order valence-corrected chi connectivity index (χ4v) is 3.35. The highest BCUT2D eigenvalue weighted by atomic mass is 16.5. The fourth-order valence-electron chi connectivity index (χ4n) is 3.35. The van der Waals surface area contributed by atoms with Gasteiger partial charge in [0.05, 0.1) is 31.1 Å². The number of morpholine rings is 1. The van der Waals surface area contributed by atoms with Crippen LogP contribution in [0.5, 0.6) is 0 Å². The van der Waals surface area contributed by atoms with Crippen LogP contribution < -0.4 is 5.73 Å². The Balaban J connectivity index is 1.57. The average Bonchev–Trinajstić information content (AvgIpc) is 3.14. The van der Waals surface area contributed by atoms with Crippen LogP contribution in [0.1, 0.15) is 24.2 Å². The van der Waals surface area contributed by atoms with Crippen molar-refractivity contribution in [1.29, 1.82) is 0 Å². The van der Waals surface area contributed by atoms with E-state index < -0.39 is 0 Å². The number of amides is 1. The maximum atomic E-state index is 12.6. The zero-order valence-corrected chi connectivity index (χ0v) is 13.9. The molecule has 0 radical (unpaired) electrons. The summed E-state index contributed by atoms with van der Waals surface area (Å²) in [5.41, 5.74) is 7.73. The van der Waals surface area contributed by atoms with Gasteiger partial charge in [0.25, 0.3) is 5.91 Å². The molecular formula is C16H26N4O3. The van der Waals surface area contributed by atoms with Gasteiger partial charge in [0, 0.05) is 25.3 Å². The monoisotopic (exact) mass is 322 g/mol. The minimum Gasteiger partial charge on any atom is -0.373 e. The third-order valence-corrected chi connectivity index (χ3v) is 4.58. The lowest BCUT2D eigenvalue weighted by Gasteiger charge is -2.34. The van der Waals surface area contributed by atoms with Crippen LogP contribution in [-0.4, -0.2) is 65.1 Å². The molecule has 3 atom stereocenters. The molecule has 1 aromatic heterocycles. The number of aromatic nitrogens is 2. The SMILES string of the molecule is Cc1cc(C)n(CC2CN(C(=O)[C@@H]3CC[C@H](CN)O3)CCO2)n1. The van der Waals surface area contributed by atoms with Crippen molar-refractivity contribution in [3.63, 3.8) is 0 Å². The van der Waals surface area contributed by atoms with Gasteiger partial charge in [-0.15, -0.1) is 0 Å². The quantitative estimate of drug-likeness (QED) is 0.858. The Kier molecular flexibility index (Phi) is 4.99. The van der Waals surface area contributed by atoms with Gasteiger partial charge in [-0.2, -0.15) is 5.10 Å². The third-order valence-electron chi connectivity index (χ3n) is 4.58. The Hall–Kier alpha value is -1.44. The molecule has 7 nitrogen and oxygen atoms in total. The number of carbonyl (C=O) groups is 1. The summed E-state index contributed by atoms with van der Waals surface area (Å²) in [7, 11) is 0. The van der Waals surface area contributed by atoms with Crippen molar-refractivity contribution < 1.29 is 14.3 Å². The van der Waals surface area contributed by atoms with Crippen molar-refractivity contribution in [2.45, 2.75) is 51.5 Å². The summed E-state index contributed by atoms with van der Waals surface area (Å²) >= 11 is 0. The highest BCUT2D eigenvalue weighted by Gasteiger charge is 2.35. The highest BCUT2D eigenvalue weighted by molar-refractivity contribution is 5.81. The van der Waals surface area contributed by atoms with E-state index in [1.807, 2.05) is 29.5 Å². The Morgan fingerprint density at radius 2 is 2.22 bits per heavy atom. The molecule has 3 heterocycles. The van der Waals surface area contributed by atoms with Crippen LogP contribution in [0.25, 0.3) is 0 Å². The summed E-state index contributed by atoms with van der Waals surface area (Å²) < 4.78 is 13.5. The summed E-state index contributed by atoms with van der Waals surface area (Å²) in [6.07, 6.45) is 1.29. The van der Waals surface area contributed by atoms with E-state index in [0.29, 0.717) is 32.8 Å². The van der Waals surface area contributed by atoms with Crippen molar-refractivity contribution in [2.75, 3.05) is 26.2 Å². The molecule has 23 heavy (non-hydrogen) atoms. The molecule has 1 aromatic rings. The summed E-state index contributed by atoms with van der Waals surface area (Å²) in [5.74, 6) is 0.0719. The Labute approximate surface area is 136 Å². The van der Waals surface area contributed by atoms with Crippen LogP contribution in [0.4, 0.5) is 0 Å². The van der Waals surface area contributed by atoms with E-state index in [0.717, 1.165) is 24.2 Å². The topological polar surface area (TPSA) is 82.6 Å². The second-order valence-electron chi connectivity index (χ2n) is 6.45. The van der Waals surface area contributed by atoms with E-state index in [2.05, 4.69) is 5.10 Å². The number of hydrogen-bond acceptors (Lipinski definition) is 5. The number of rotatable bonds is 4. The molecule has 128 valence electrons. The van der Waals surface area contributed by atoms with Crippen LogP contribution in [0.15, 0.2) is 6.07 Å². The molecule has 2 aliphatic rings. The first-order valence-electron chi connectivity index (χ1n) is 8.33. The Bertz CT molecular complexity index is 560. The zero-order chi connectivity index (χ0) is 16.4. The van der Waals surface area contributed by atoms with Gasteiger partial charge in [0.15, 0.2) is 0 Å². The lowest BCUT2D eigenvalue weighted by Crippen LogP contribution is -2.50. The maximum absolute atomic E-state index is 12.6. The minimum absolute atomic E-state index is 0.0236. The predicted molar refractivity (Wildman–Crippen MR) is 85.0 cm³/mol. The molecule has 1 amide bonds. The molecule has 2 fully saturated rings. The second kappa shape index (κ2) is 6.98. The van der Waals surface area contributed by atoms with E-state index >= 15 is 0 Å². The van der Waals surface area contributed by atoms with E-state index in [9.17, 15) is 4.79 Å². The van der Waals surface area contributed by atoms with Crippen molar-refractivity contribution in [2.24, 2.45) is 5.73 Å². The number of nitrogens with two attached hydrogens (primary N) is 1. The standard InChI is InChI=1S/C16H26N4O3/c1-11-7-12(2)20(18-11)10-14-9-19(5-6-22-14)16(21)15-4-3-13(8-17)23-15/h7,13-15H,3-6,8-10,17H2,1-2H3/t13-,14?,15+/m1/s1. The van der Waals surface area contributed by atoms with Gasteiger partial charge < -0.3 is 20.1 Å². The second-order valence-corrected chi connectivity index (χ2v) is 6.45. The van der Waals surface area contributed by atoms with E-state index in [-0.39, 0.29) is 24.2 Å². The van der Waals surface area contributed by atoms with Crippen LogP contribution in [0, 0.1) is 13.8 Å².